The van der Waals surface area contributed by atoms with Crippen molar-refractivity contribution in [2.75, 3.05) is 41.0 Å². The molecule has 0 aliphatic heterocycles. The summed E-state index contributed by atoms with van der Waals surface area (Å²) in [6.45, 7) is 4.47. The summed E-state index contributed by atoms with van der Waals surface area (Å²) in [5.74, 6) is -1.79. The van der Waals surface area contributed by atoms with Gasteiger partial charge < -0.3 is 28.6 Å². The standard InChI is InChI=1S/C49H83NO7/c1-6-8-10-12-14-16-18-20-22-24-26-27-29-31-33-35-37-39-47(51)56-44-45(43-55-42-41-46(49(53)54)50(3,4)5)57-48(52)40-38-36-34-32-30-28-25-23-21-19-17-15-13-11-9-7-2/h9,11,14-17,20-23,28,30,45-46H,6-8,10,12-13,18-19,24-27,29,31-44H2,1-5H3/b11-9+,16-14+,17-15+,22-20+,23-21+,30-28+. The van der Waals surface area contributed by atoms with E-state index in [1.807, 2.05) is 0 Å². The third-order valence-electron chi connectivity index (χ3n) is 9.58. The van der Waals surface area contributed by atoms with Gasteiger partial charge in [0.05, 0.1) is 40.3 Å². The molecule has 0 heterocycles. The normalized spacial score (nSPS) is 13.6. The molecule has 2 atom stereocenters. The minimum absolute atomic E-state index is 0.0216. The van der Waals surface area contributed by atoms with Gasteiger partial charge in [-0.15, -0.1) is 0 Å². The van der Waals surface area contributed by atoms with Crippen LogP contribution in [0, 0.1) is 0 Å². The van der Waals surface area contributed by atoms with E-state index in [4.69, 9.17) is 14.2 Å². The fourth-order valence-electron chi connectivity index (χ4n) is 6.09. The zero-order valence-electron chi connectivity index (χ0n) is 37.0. The van der Waals surface area contributed by atoms with Gasteiger partial charge in [-0.05, 0) is 83.5 Å². The topological polar surface area (TPSA) is 102 Å². The molecule has 0 rings (SSSR count). The van der Waals surface area contributed by atoms with Gasteiger partial charge in [0.2, 0.25) is 0 Å². The Hall–Kier alpha value is -3.23. The summed E-state index contributed by atoms with van der Waals surface area (Å²) in [6.07, 6.45) is 49.2. The number of esters is 2. The van der Waals surface area contributed by atoms with Crippen LogP contribution in [-0.2, 0) is 28.6 Å². The van der Waals surface area contributed by atoms with E-state index in [-0.39, 0.29) is 49.1 Å². The van der Waals surface area contributed by atoms with Crippen molar-refractivity contribution >= 4 is 17.9 Å². The van der Waals surface area contributed by atoms with Crippen LogP contribution in [-0.4, -0.2) is 75.5 Å². The molecule has 0 bridgehead atoms. The van der Waals surface area contributed by atoms with Gasteiger partial charge in [0.25, 0.3) is 0 Å². The van der Waals surface area contributed by atoms with Crippen molar-refractivity contribution in [2.24, 2.45) is 0 Å². The molecule has 57 heavy (non-hydrogen) atoms. The number of rotatable bonds is 39. The summed E-state index contributed by atoms with van der Waals surface area (Å²) in [7, 11) is 5.39. The SMILES string of the molecule is CC/C=C/C/C=C/C/C=C/C/C=C/CCCCCC(=O)OC(COCCC(C(=O)[O-])[N+](C)(C)C)COC(=O)CCCCCCCCC/C=C/C/C=C/CCCCC. The molecule has 8 nitrogen and oxygen atoms in total. The minimum atomic E-state index is -1.13. The van der Waals surface area contributed by atoms with Crippen molar-refractivity contribution < 1.29 is 38.2 Å². The van der Waals surface area contributed by atoms with Crippen LogP contribution in [0.15, 0.2) is 72.9 Å². The van der Waals surface area contributed by atoms with Gasteiger partial charge >= 0.3 is 11.9 Å². The Bertz CT molecular complexity index is 1160. The van der Waals surface area contributed by atoms with Gasteiger partial charge in [-0.2, -0.15) is 0 Å². The molecule has 0 aliphatic carbocycles. The maximum Gasteiger partial charge on any atom is 0.306 e. The monoisotopic (exact) mass is 798 g/mol. The molecular weight excluding hydrogens is 715 g/mol. The quantitative estimate of drug-likeness (QED) is 0.0264. The summed E-state index contributed by atoms with van der Waals surface area (Å²) in [5.41, 5.74) is 0. The molecular formula is C49H83NO7. The van der Waals surface area contributed by atoms with Crippen LogP contribution < -0.4 is 5.11 Å². The number of nitrogens with zero attached hydrogens (tertiary/aromatic N) is 1. The number of hydrogen-bond donors (Lipinski definition) is 0. The van der Waals surface area contributed by atoms with Crippen molar-refractivity contribution in [3.63, 3.8) is 0 Å². The molecule has 0 N–H and O–H groups in total. The van der Waals surface area contributed by atoms with Crippen LogP contribution in [0.2, 0.25) is 0 Å². The Morgan fingerprint density at radius 1 is 0.544 bits per heavy atom. The average molecular weight is 798 g/mol. The first-order valence-corrected chi connectivity index (χ1v) is 22.5. The van der Waals surface area contributed by atoms with Gasteiger partial charge in [0.1, 0.15) is 12.6 Å². The van der Waals surface area contributed by atoms with Crippen molar-refractivity contribution in [2.45, 2.75) is 180 Å². The van der Waals surface area contributed by atoms with Crippen LogP contribution in [0.3, 0.4) is 0 Å². The summed E-state index contributed by atoms with van der Waals surface area (Å²) >= 11 is 0. The van der Waals surface area contributed by atoms with Gasteiger partial charge in [-0.3, -0.25) is 9.59 Å². The van der Waals surface area contributed by atoms with E-state index in [2.05, 4.69) is 86.8 Å². The smallest absolute Gasteiger partial charge is 0.306 e. The van der Waals surface area contributed by atoms with E-state index < -0.39 is 18.1 Å². The number of allylic oxidation sites excluding steroid dienone is 12. The maximum atomic E-state index is 12.7. The zero-order valence-corrected chi connectivity index (χ0v) is 37.0. The Balaban J connectivity index is 4.41. The highest BCUT2D eigenvalue weighted by Crippen LogP contribution is 2.13. The number of hydrogen-bond acceptors (Lipinski definition) is 7. The average Bonchev–Trinajstić information content (AvgIpc) is 3.17. The second kappa shape index (κ2) is 39.6. The second-order valence-electron chi connectivity index (χ2n) is 15.9. The van der Waals surface area contributed by atoms with Crippen molar-refractivity contribution in [1.82, 2.24) is 0 Å². The first-order valence-electron chi connectivity index (χ1n) is 22.5. The molecule has 0 fully saturated rings. The molecule has 0 aromatic heterocycles. The lowest BCUT2D eigenvalue weighted by Crippen LogP contribution is -2.55. The number of unbranched alkanes of at least 4 members (excludes halogenated alkanes) is 13. The predicted octanol–water partition coefficient (Wildman–Crippen LogP) is 11.0. The zero-order chi connectivity index (χ0) is 42.1. The predicted molar refractivity (Wildman–Crippen MR) is 235 cm³/mol. The number of ether oxygens (including phenoxy) is 3. The lowest BCUT2D eigenvalue weighted by Gasteiger charge is -2.34. The molecule has 0 spiro atoms. The third-order valence-corrected chi connectivity index (χ3v) is 9.58. The summed E-state index contributed by atoms with van der Waals surface area (Å²) in [5, 5.41) is 11.6. The van der Waals surface area contributed by atoms with Gasteiger partial charge in [0, 0.05) is 19.3 Å². The van der Waals surface area contributed by atoms with Crippen LogP contribution in [0.4, 0.5) is 0 Å². The molecule has 326 valence electrons. The minimum Gasteiger partial charge on any atom is -0.544 e. The molecule has 0 saturated heterocycles. The lowest BCUT2D eigenvalue weighted by molar-refractivity contribution is -0.889. The van der Waals surface area contributed by atoms with Crippen molar-refractivity contribution in [3.05, 3.63) is 72.9 Å². The van der Waals surface area contributed by atoms with Crippen LogP contribution in [0.1, 0.15) is 168 Å². The number of carbonyl (C=O) groups excluding carboxylic acids is 3. The highest BCUT2D eigenvalue weighted by Gasteiger charge is 2.25. The number of quaternary nitrogens is 1. The number of likely N-dealkylation sites (N-methyl/N-ethyl adjacent to an activating group) is 1. The molecule has 8 heteroatoms. The molecule has 0 aliphatic rings. The van der Waals surface area contributed by atoms with Crippen LogP contribution in [0.5, 0.6) is 0 Å². The van der Waals surface area contributed by atoms with E-state index in [1.54, 1.807) is 21.1 Å². The number of carboxylic acid groups (broad SMARTS) is 1. The fraction of sp³-hybridized carbons (Fsp3) is 0.694. The summed E-state index contributed by atoms with van der Waals surface area (Å²) in [6, 6.07) is -0.736. The summed E-state index contributed by atoms with van der Waals surface area (Å²) in [4.78, 5) is 36.9. The Morgan fingerprint density at radius 2 is 0.982 bits per heavy atom. The van der Waals surface area contributed by atoms with Crippen LogP contribution >= 0.6 is 0 Å². The largest absolute Gasteiger partial charge is 0.544 e. The molecule has 0 saturated carbocycles. The molecule has 0 radical (unpaired) electrons. The molecule has 2 unspecified atom stereocenters. The Morgan fingerprint density at radius 3 is 1.47 bits per heavy atom. The molecule has 0 amide bonds. The number of carboxylic acids is 1. The highest BCUT2D eigenvalue weighted by molar-refractivity contribution is 5.70. The van der Waals surface area contributed by atoms with Crippen LogP contribution in [0.25, 0.3) is 0 Å². The van der Waals surface area contributed by atoms with Gasteiger partial charge in [0.15, 0.2) is 6.10 Å². The van der Waals surface area contributed by atoms with E-state index in [0.29, 0.717) is 12.8 Å². The second-order valence-corrected chi connectivity index (χ2v) is 15.9. The third kappa shape index (κ3) is 38.1. The van der Waals surface area contributed by atoms with E-state index >= 15 is 0 Å². The number of aliphatic carboxylic acids is 1. The Kier molecular flexibility index (Phi) is 37.3. The highest BCUT2D eigenvalue weighted by atomic mass is 16.6. The summed E-state index contributed by atoms with van der Waals surface area (Å²) < 4.78 is 17.1. The van der Waals surface area contributed by atoms with Gasteiger partial charge in [-0.1, -0.05) is 138 Å². The first-order chi connectivity index (χ1) is 27.6. The van der Waals surface area contributed by atoms with E-state index in [9.17, 15) is 19.5 Å². The maximum absolute atomic E-state index is 12.7. The fourth-order valence-corrected chi connectivity index (χ4v) is 6.09. The van der Waals surface area contributed by atoms with E-state index in [1.165, 1.54) is 51.4 Å². The van der Waals surface area contributed by atoms with E-state index in [0.717, 1.165) is 77.0 Å². The molecule has 0 aromatic carbocycles. The van der Waals surface area contributed by atoms with Crippen molar-refractivity contribution in [3.8, 4) is 0 Å². The number of carbonyl (C=O) groups is 3. The Labute approximate surface area is 349 Å². The lowest BCUT2D eigenvalue weighted by atomic mass is 10.1. The first kappa shape index (κ1) is 53.8. The molecule has 0 aromatic rings. The van der Waals surface area contributed by atoms with Crippen molar-refractivity contribution in [1.29, 1.82) is 0 Å². The van der Waals surface area contributed by atoms with Gasteiger partial charge in [-0.25, -0.2) is 0 Å².